The maximum absolute atomic E-state index is 12.7. The van der Waals surface area contributed by atoms with Crippen LogP contribution in [0.25, 0.3) is 0 Å². The van der Waals surface area contributed by atoms with Gasteiger partial charge in [-0.1, -0.05) is 41.9 Å². The molecule has 1 unspecified atom stereocenters. The lowest BCUT2D eigenvalue weighted by Gasteiger charge is -2.19. The molecule has 3 aromatic carbocycles. The van der Waals surface area contributed by atoms with Crippen LogP contribution >= 0.6 is 23.4 Å². The summed E-state index contributed by atoms with van der Waals surface area (Å²) in [6.45, 7) is 0.123. The number of rotatable bonds is 10. The molecule has 9 heteroatoms. The molecule has 172 valence electrons. The number of methoxy groups -OCH3 is 1. The van der Waals surface area contributed by atoms with Crippen molar-refractivity contribution in [1.29, 1.82) is 0 Å². The second kappa shape index (κ2) is 11.5. The summed E-state index contributed by atoms with van der Waals surface area (Å²) in [5.74, 6) is 0.162. The van der Waals surface area contributed by atoms with E-state index >= 15 is 0 Å². The molecule has 1 N–H and O–H groups in total. The van der Waals surface area contributed by atoms with Gasteiger partial charge >= 0.3 is 5.97 Å². The van der Waals surface area contributed by atoms with Crippen LogP contribution in [0, 0.1) is 0 Å². The molecular weight excluding hydrogens is 482 g/mol. The Hall–Kier alpha value is -2.65. The number of aldehydes is 1. The molecule has 0 spiro atoms. The van der Waals surface area contributed by atoms with Crippen molar-refractivity contribution in [3.8, 4) is 0 Å². The standard InChI is InChI=1S/C24H22ClNO5S2/c1-31-24(28)19-7-5-17(6-8-19)16-32-23(20-4-2-3-18(13-20)15-27)14-26-33(29,30)22-11-9-21(25)10-12-22/h2-13,15,23,26H,14,16H2,1H3. The second-order valence-corrected chi connectivity index (χ2v) is 10.5. The Balaban J connectivity index is 1.77. The molecule has 0 fully saturated rings. The number of carbonyl (C=O) groups is 2. The zero-order valence-electron chi connectivity index (χ0n) is 17.7. The molecule has 0 radical (unpaired) electrons. The van der Waals surface area contributed by atoms with Crippen LogP contribution in [0.3, 0.4) is 0 Å². The van der Waals surface area contributed by atoms with E-state index in [2.05, 4.69) is 4.72 Å². The summed E-state index contributed by atoms with van der Waals surface area (Å²) in [5, 5.41) is 0.193. The number of nitrogens with one attached hydrogen (secondary N) is 1. The molecule has 0 bridgehead atoms. The number of sulfonamides is 1. The van der Waals surface area contributed by atoms with Crippen LogP contribution in [0.5, 0.6) is 0 Å². The van der Waals surface area contributed by atoms with Crippen molar-refractivity contribution in [2.24, 2.45) is 0 Å². The van der Waals surface area contributed by atoms with E-state index in [4.69, 9.17) is 16.3 Å². The fourth-order valence-corrected chi connectivity index (χ4v) is 5.44. The molecule has 0 aliphatic carbocycles. The van der Waals surface area contributed by atoms with Crippen molar-refractivity contribution in [3.63, 3.8) is 0 Å². The molecule has 1 atom stereocenters. The summed E-state index contributed by atoms with van der Waals surface area (Å²) in [6.07, 6.45) is 0.759. The largest absolute Gasteiger partial charge is 0.465 e. The average molecular weight is 504 g/mol. The zero-order valence-corrected chi connectivity index (χ0v) is 20.1. The van der Waals surface area contributed by atoms with Crippen LogP contribution < -0.4 is 4.72 Å². The Bertz CT molecular complexity index is 1210. The highest BCUT2D eigenvalue weighted by Gasteiger charge is 2.19. The number of thioether (sulfide) groups is 1. The van der Waals surface area contributed by atoms with E-state index in [9.17, 15) is 18.0 Å². The first kappa shape index (κ1) is 25.0. The molecule has 0 aromatic heterocycles. The van der Waals surface area contributed by atoms with Crippen LogP contribution in [0.4, 0.5) is 0 Å². The predicted octanol–water partition coefficient (Wildman–Crippen LogP) is 4.89. The normalized spacial score (nSPS) is 12.2. The third-order valence-corrected chi connectivity index (χ3v) is 7.86. The van der Waals surface area contributed by atoms with Crippen LogP contribution in [-0.4, -0.2) is 34.3 Å². The molecule has 0 amide bonds. The summed E-state index contributed by atoms with van der Waals surface area (Å²) in [6, 6.07) is 20.1. The van der Waals surface area contributed by atoms with Crippen molar-refractivity contribution in [3.05, 3.63) is 100 Å². The molecule has 3 aromatic rings. The predicted molar refractivity (Wildman–Crippen MR) is 130 cm³/mol. The Morgan fingerprint density at radius 3 is 2.42 bits per heavy atom. The maximum atomic E-state index is 12.7. The molecule has 6 nitrogen and oxygen atoms in total. The Kier molecular flexibility index (Phi) is 8.68. The molecule has 0 aliphatic heterocycles. The van der Waals surface area contributed by atoms with Gasteiger partial charge in [-0.05, 0) is 53.6 Å². The smallest absolute Gasteiger partial charge is 0.337 e. The summed E-state index contributed by atoms with van der Waals surface area (Å²) >= 11 is 7.39. The van der Waals surface area contributed by atoms with E-state index in [1.165, 1.54) is 43.1 Å². The molecule has 0 saturated heterocycles. The molecule has 0 aliphatic rings. The number of halogens is 1. The second-order valence-electron chi connectivity index (χ2n) is 7.08. The van der Waals surface area contributed by atoms with Crippen molar-refractivity contribution in [2.75, 3.05) is 13.7 Å². The summed E-state index contributed by atoms with van der Waals surface area (Å²) in [4.78, 5) is 23.0. The quantitative estimate of drug-likeness (QED) is 0.313. The van der Waals surface area contributed by atoms with Gasteiger partial charge in [-0.25, -0.2) is 17.9 Å². The van der Waals surface area contributed by atoms with Gasteiger partial charge in [-0.3, -0.25) is 4.79 Å². The number of carbonyl (C=O) groups excluding carboxylic acids is 2. The maximum Gasteiger partial charge on any atom is 0.337 e. The van der Waals surface area contributed by atoms with Crippen molar-refractivity contribution in [2.45, 2.75) is 15.9 Å². The first-order chi connectivity index (χ1) is 15.8. The number of hydrogen-bond donors (Lipinski definition) is 1. The lowest BCUT2D eigenvalue weighted by Crippen LogP contribution is -2.27. The van der Waals surface area contributed by atoms with Gasteiger partial charge in [-0.2, -0.15) is 0 Å². The third-order valence-electron chi connectivity index (χ3n) is 4.83. The van der Waals surface area contributed by atoms with Gasteiger partial charge in [0.15, 0.2) is 0 Å². The van der Waals surface area contributed by atoms with E-state index in [-0.39, 0.29) is 16.7 Å². The minimum atomic E-state index is -3.74. The fourth-order valence-electron chi connectivity index (χ4n) is 3.04. The number of benzene rings is 3. The minimum absolute atomic E-state index is 0.121. The highest BCUT2D eigenvalue weighted by molar-refractivity contribution is 7.98. The van der Waals surface area contributed by atoms with Crippen molar-refractivity contribution in [1.82, 2.24) is 4.72 Å². The Morgan fingerprint density at radius 2 is 1.79 bits per heavy atom. The van der Waals surface area contributed by atoms with Gasteiger partial charge in [0.1, 0.15) is 6.29 Å². The van der Waals surface area contributed by atoms with E-state index in [0.29, 0.717) is 21.9 Å². The Morgan fingerprint density at radius 1 is 1.09 bits per heavy atom. The lowest BCUT2D eigenvalue weighted by atomic mass is 10.1. The van der Waals surface area contributed by atoms with Crippen molar-refractivity contribution >= 4 is 45.6 Å². The monoisotopic (exact) mass is 503 g/mol. The first-order valence-corrected chi connectivity index (χ1v) is 12.8. The van der Waals surface area contributed by atoms with E-state index in [1.54, 1.807) is 30.3 Å². The zero-order chi connectivity index (χ0) is 23.8. The Labute approximate surface area is 202 Å². The van der Waals surface area contributed by atoms with Crippen LogP contribution in [0.15, 0.2) is 77.7 Å². The van der Waals surface area contributed by atoms with Gasteiger partial charge in [0, 0.05) is 28.1 Å². The molecule has 0 saturated carbocycles. The lowest BCUT2D eigenvalue weighted by molar-refractivity contribution is 0.0600. The van der Waals surface area contributed by atoms with E-state index in [1.807, 2.05) is 18.2 Å². The number of esters is 1. The van der Waals surface area contributed by atoms with Gasteiger partial charge in [0.05, 0.1) is 17.6 Å². The number of hydrogen-bond acceptors (Lipinski definition) is 6. The fraction of sp³-hybridized carbons (Fsp3) is 0.167. The van der Waals surface area contributed by atoms with Gasteiger partial charge < -0.3 is 4.74 Å². The summed E-state index contributed by atoms with van der Waals surface area (Å²) in [5.41, 5.74) is 2.76. The minimum Gasteiger partial charge on any atom is -0.465 e. The van der Waals surface area contributed by atoms with Crippen LogP contribution in [0.1, 0.15) is 37.1 Å². The number of ether oxygens (including phenoxy) is 1. The molecule has 0 heterocycles. The van der Waals surface area contributed by atoms with Gasteiger partial charge in [0.25, 0.3) is 0 Å². The highest BCUT2D eigenvalue weighted by atomic mass is 35.5. The summed E-state index contributed by atoms with van der Waals surface area (Å²) < 4.78 is 32.9. The van der Waals surface area contributed by atoms with E-state index in [0.717, 1.165) is 17.4 Å². The first-order valence-electron chi connectivity index (χ1n) is 9.91. The topological polar surface area (TPSA) is 89.5 Å². The average Bonchev–Trinajstić information content (AvgIpc) is 2.84. The SMILES string of the molecule is COC(=O)c1ccc(CSC(CNS(=O)(=O)c2ccc(Cl)cc2)c2cccc(C=O)c2)cc1. The summed E-state index contributed by atoms with van der Waals surface area (Å²) in [7, 11) is -2.41. The molecule has 3 rings (SSSR count). The van der Waals surface area contributed by atoms with Crippen LogP contribution in [0.2, 0.25) is 5.02 Å². The third kappa shape index (κ3) is 6.91. The highest BCUT2D eigenvalue weighted by Crippen LogP contribution is 2.32. The van der Waals surface area contributed by atoms with E-state index < -0.39 is 16.0 Å². The van der Waals surface area contributed by atoms with Crippen LogP contribution in [-0.2, 0) is 20.5 Å². The molecular formula is C24H22ClNO5S2. The molecule has 33 heavy (non-hydrogen) atoms. The van der Waals surface area contributed by atoms with Gasteiger partial charge in [0.2, 0.25) is 10.0 Å². The van der Waals surface area contributed by atoms with Crippen molar-refractivity contribution < 1.29 is 22.7 Å². The van der Waals surface area contributed by atoms with Gasteiger partial charge in [-0.15, -0.1) is 11.8 Å².